The molecule has 28 heavy (non-hydrogen) atoms. The molecular weight excluding hydrogens is 372 g/mol. The number of rotatable bonds is 4. The molecule has 2 fully saturated rings. The number of nitrogens with zero attached hydrogens (tertiary/aromatic N) is 2. The average molecular weight is 407 g/mol. The van der Waals surface area contributed by atoms with Gasteiger partial charge in [-0.25, -0.2) is 8.42 Å². The highest BCUT2D eigenvalue weighted by molar-refractivity contribution is 7.89. The number of benzene rings is 1. The summed E-state index contributed by atoms with van der Waals surface area (Å²) in [6.07, 6.45) is 5.46. The Bertz CT molecular complexity index is 773. The molecular formula is C22H34N2O3S. The van der Waals surface area contributed by atoms with Crippen LogP contribution in [0.4, 0.5) is 0 Å². The van der Waals surface area contributed by atoms with E-state index < -0.39 is 10.0 Å². The number of hydrogen-bond acceptors (Lipinski definition) is 3. The van der Waals surface area contributed by atoms with Crippen molar-refractivity contribution >= 4 is 15.9 Å². The van der Waals surface area contributed by atoms with Crippen molar-refractivity contribution < 1.29 is 13.2 Å². The van der Waals surface area contributed by atoms with Gasteiger partial charge in [0.05, 0.1) is 4.90 Å². The normalized spacial score (nSPS) is 29.4. The first-order valence-corrected chi connectivity index (χ1v) is 12.0. The van der Waals surface area contributed by atoms with E-state index >= 15 is 0 Å². The fourth-order valence-corrected chi connectivity index (χ4v) is 6.40. The number of hydrogen-bond donors (Lipinski definition) is 0. The van der Waals surface area contributed by atoms with Crippen LogP contribution in [0, 0.1) is 17.8 Å². The molecule has 0 unspecified atom stereocenters. The van der Waals surface area contributed by atoms with Gasteiger partial charge in [-0.15, -0.1) is 0 Å². The van der Waals surface area contributed by atoms with E-state index in [-0.39, 0.29) is 16.8 Å². The Labute approximate surface area is 170 Å². The van der Waals surface area contributed by atoms with E-state index in [4.69, 9.17) is 0 Å². The van der Waals surface area contributed by atoms with E-state index in [1.54, 1.807) is 28.6 Å². The van der Waals surface area contributed by atoms with Gasteiger partial charge in [0.1, 0.15) is 0 Å². The third kappa shape index (κ3) is 4.60. The first-order chi connectivity index (χ1) is 13.2. The molecule has 1 saturated heterocycles. The molecule has 1 aromatic carbocycles. The van der Waals surface area contributed by atoms with Crippen LogP contribution in [0.5, 0.6) is 0 Å². The Hall–Kier alpha value is -1.40. The zero-order chi connectivity index (χ0) is 20.5. The second kappa shape index (κ2) is 8.54. The van der Waals surface area contributed by atoms with Crippen LogP contribution < -0.4 is 0 Å². The molecule has 1 aromatic rings. The summed E-state index contributed by atoms with van der Waals surface area (Å²) in [4.78, 5) is 15.0. The van der Waals surface area contributed by atoms with Gasteiger partial charge in [-0.3, -0.25) is 4.79 Å². The molecule has 1 saturated carbocycles. The molecule has 0 N–H and O–H groups in total. The highest BCUT2D eigenvalue weighted by atomic mass is 32.2. The molecule has 2 aliphatic rings. The van der Waals surface area contributed by atoms with Crippen LogP contribution in [-0.4, -0.2) is 49.7 Å². The summed E-state index contributed by atoms with van der Waals surface area (Å²) in [6, 6.07) is 6.78. The first kappa shape index (κ1) is 21.3. The second-order valence-electron chi connectivity index (χ2n) is 9.12. The molecule has 1 amide bonds. The van der Waals surface area contributed by atoms with Crippen molar-refractivity contribution in [3.05, 3.63) is 29.8 Å². The standard InChI is InChI=1S/C22H34N2O3S/c1-16-5-9-20(10-6-16)23(4)22(25)19-7-11-21(12-8-19)28(26,27)24-14-17(2)13-18(3)15-24/h7-8,11-12,16-18,20H,5-6,9-10,13-15H2,1-4H3/t16?,17-,18-,20?/m1/s1. The maximum Gasteiger partial charge on any atom is 0.253 e. The van der Waals surface area contributed by atoms with Crippen molar-refractivity contribution in [3.8, 4) is 0 Å². The Morgan fingerprint density at radius 3 is 2.00 bits per heavy atom. The lowest BCUT2D eigenvalue weighted by atomic mass is 9.86. The lowest BCUT2D eigenvalue weighted by Crippen LogP contribution is -2.42. The summed E-state index contributed by atoms with van der Waals surface area (Å²) < 4.78 is 27.6. The molecule has 0 spiro atoms. The van der Waals surface area contributed by atoms with Crippen LogP contribution in [0.1, 0.15) is 63.2 Å². The zero-order valence-corrected chi connectivity index (χ0v) is 18.4. The van der Waals surface area contributed by atoms with E-state index in [1.165, 1.54) is 0 Å². The highest BCUT2D eigenvalue weighted by Gasteiger charge is 2.32. The quantitative estimate of drug-likeness (QED) is 0.759. The Balaban J connectivity index is 1.71. The van der Waals surface area contributed by atoms with E-state index in [0.29, 0.717) is 30.5 Å². The van der Waals surface area contributed by atoms with Crippen LogP contribution >= 0.6 is 0 Å². The van der Waals surface area contributed by atoms with Gasteiger partial charge in [-0.2, -0.15) is 4.31 Å². The smallest absolute Gasteiger partial charge is 0.253 e. The summed E-state index contributed by atoms with van der Waals surface area (Å²) in [7, 11) is -1.64. The third-order valence-corrected chi connectivity index (χ3v) is 8.27. The fourth-order valence-electron chi connectivity index (χ4n) is 4.72. The van der Waals surface area contributed by atoms with Gasteiger partial charge < -0.3 is 4.90 Å². The van der Waals surface area contributed by atoms with Crippen LogP contribution in [0.25, 0.3) is 0 Å². The van der Waals surface area contributed by atoms with Crippen molar-refractivity contribution in [1.82, 2.24) is 9.21 Å². The Morgan fingerprint density at radius 2 is 1.46 bits per heavy atom. The van der Waals surface area contributed by atoms with Crippen molar-refractivity contribution in [3.63, 3.8) is 0 Å². The number of piperidine rings is 1. The van der Waals surface area contributed by atoms with Gasteiger partial charge in [-0.05, 0) is 74.1 Å². The largest absolute Gasteiger partial charge is 0.339 e. The number of amides is 1. The minimum atomic E-state index is -3.51. The van der Waals surface area contributed by atoms with Gasteiger partial charge in [0.25, 0.3) is 5.91 Å². The maximum absolute atomic E-state index is 13.0. The number of carbonyl (C=O) groups excluding carboxylic acids is 1. The summed E-state index contributed by atoms with van der Waals surface area (Å²) in [5.41, 5.74) is 0.556. The van der Waals surface area contributed by atoms with E-state index in [9.17, 15) is 13.2 Å². The molecule has 3 rings (SSSR count). The highest BCUT2D eigenvalue weighted by Crippen LogP contribution is 2.29. The van der Waals surface area contributed by atoms with Crippen molar-refractivity contribution in [2.75, 3.05) is 20.1 Å². The Kier molecular flexibility index (Phi) is 6.50. The molecule has 0 bridgehead atoms. The molecule has 5 nitrogen and oxygen atoms in total. The van der Waals surface area contributed by atoms with Crippen molar-refractivity contribution in [1.29, 1.82) is 0 Å². The minimum Gasteiger partial charge on any atom is -0.339 e. The molecule has 6 heteroatoms. The predicted molar refractivity (Wildman–Crippen MR) is 112 cm³/mol. The molecule has 156 valence electrons. The van der Waals surface area contributed by atoms with Gasteiger partial charge in [0.15, 0.2) is 0 Å². The van der Waals surface area contributed by atoms with Gasteiger partial charge in [-0.1, -0.05) is 20.8 Å². The topological polar surface area (TPSA) is 57.7 Å². The maximum atomic E-state index is 13.0. The lowest BCUT2D eigenvalue weighted by Gasteiger charge is -2.34. The SMILES string of the molecule is CC1CCC(N(C)C(=O)c2ccc(S(=O)(=O)N3C[C@H](C)C[C@@H](C)C3)cc2)CC1. The van der Waals surface area contributed by atoms with Crippen molar-refractivity contribution in [2.24, 2.45) is 17.8 Å². The monoisotopic (exact) mass is 406 g/mol. The van der Waals surface area contributed by atoms with Crippen LogP contribution in [0.3, 0.4) is 0 Å². The molecule has 1 heterocycles. The lowest BCUT2D eigenvalue weighted by molar-refractivity contribution is 0.0679. The minimum absolute atomic E-state index is 0.0243. The number of carbonyl (C=O) groups is 1. The van der Waals surface area contributed by atoms with Crippen molar-refractivity contribution in [2.45, 2.75) is 63.8 Å². The fraction of sp³-hybridized carbons (Fsp3) is 0.682. The predicted octanol–water partition coefficient (Wildman–Crippen LogP) is 4.00. The van der Waals surface area contributed by atoms with Gasteiger partial charge >= 0.3 is 0 Å². The van der Waals surface area contributed by atoms with Gasteiger partial charge in [0, 0.05) is 31.7 Å². The van der Waals surface area contributed by atoms with E-state index in [2.05, 4.69) is 20.8 Å². The Morgan fingerprint density at radius 1 is 0.929 bits per heavy atom. The molecule has 1 aliphatic carbocycles. The molecule has 0 radical (unpaired) electrons. The summed E-state index contributed by atoms with van der Waals surface area (Å²) >= 11 is 0. The summed E-state index contributed by atoms with van der Waals surface area (Å²) in [5.74, 6) is 1.45. The van der Waals surface area contributed by atoms with Crippen LogP contribution in [0.15, 0.2) is 29.2 Å². The van der Waals surface area contributed by atoms with Gasteiger partial charge in [0.2, 0.25) is 10.0 Å². The third-order valence-electron chi connectivity index (χ3n) is 6.43. The van der Waals surface area contributed by atoms with Crippen LogP contribution in [0.2, 0.25) is 0 Å². The first-order valence-electron chi connectivity index (χ1n) is 10.6. The average Bonchev–Trinajstić information content (AvgIpc) is 2.67. The summed E-state index contributed by atoms with van der Waals surface area (Å²) in [5, 5.41) is 0. The molecule has 1 aliphatic heterocycles. The van der Waals surface area contributed by atoms with E-state index in [1.807, 2.05) is 11.9 Å². The van der Waals surface area contributed by atoms with Crippen LogP contribution in [-0.2, 0) is 10.0 Å². The molecule has 0 aromatic heterocycles. The molecule has 2 atom stereocenters. The zero-order valence-electron chi connectivity index (χ0n) is 17.6. The van der Waals surface area contributed by atoms with E-state index in [0.717, 1.165) is 38.0 Å². The number of sulfonamides is 1. The summed E-state index contributed by atoms with van der Waals surface area (Å²) in [6.45, 7) is 7.59. The second-order valence-corrected chi connectivity index (χ2v) is 11.1.